The second-order valence-electron chi connectivity index (χ2n) is 6.99. The topological polar surface area (TPSA) is 84.0 Å². The number of nitrogens with one attached hydrogen (secondary N) is 3. The fraction of sp³-hybridized carbons (Fsp3) is 0.882. The molecule has 1 aliphatic rings. The van der Waals surface area contributed by atoms with Gasteiger partial charge in [-0.1, -0.05) is 0 Å². The van der Waals surface area contributed by atoms with Gasteiger partial charge in [0, 0.05) is 39.4 Å². The van der Waals surface area contributed by atoms with E-state index >= 15 is 0 Å². The van der Waals surface area contributed by atoms with E-state index in [-0.39, 0.29) is 0 Å². The molecular formula is C17H34N4O3. The van der Waals surface area contributed by atoms with Gasteiger partial charge in [0.25, 0.3) is 0 Å². The number of rotatable bonds is 10. The van der Waals surface area contributed by atoms with Gasteiger partial charge < -0.3 is 25.4 Å². The molecule has 1 rings (SSSR count). The molecule has 24 heavy (non-hydrogen) atoms. The monoisotopic (exact) mass is 342 g/mol. The fourth-order valence-electron chi connectivity index (χ4n) is 1.89. The average molecular weight is 342 g/mol. The van der Waals surface area contributed by atoms with Crippen molar-refractivity contribution in [1.82, 2.24) is 16.0 Å². The molecule has 0 heterocycles. The van der Waals surface area contributed by atoms with Crippen LogP contribution in [0.15, 0.2) is 4.99 Å². The summed E-state index contributed by atoms with van der Waals surface area (Å²) in [6, 6.07) is 0. The van der Waals surface area contributed by atoms with Gasteiger partial charge in [-0.3, -0.25) is 4.99 Å². The Hall–Kier alpha value is -1.50. The lowest BCUT2D eigenvalue weighted by Crippen LogP contribution is -2.42. The maximum atomic E-state index is 11.5. The first-order chi connectivity index (χ1) is 11.4. The molecule has 0 unspecified atom stereocenters. The number of hydrogen-bond acceptors (Lipinski definition) is 4. The predicted molar refractivity (Wildman–Crippen MR) is 96.4 cm³/mol. The Balaban J connectivity index is 2.09. The second-order valence-corrected chi connectivity index (χ2v) is 6.99. The van der Waals surface area contributed by atoms with Crippen LogP contribution in [0, 0.1) is 5.92 Å². The number of amides is 1. The Morgan fingerprint density at radius 1 is 1.17 bits per heavy atom. The zero-order valence-electron chi connectivity index (χ0n) is 15.6. The van der Waals surface area contributed by atoms with E-state index < -0.39 is 11.7 Å². The van der Waals surface area contributed by atoms with Gasteiger partial charge in [0.15, 0.2) is 5.96 Å². The minimum absolute atomic E-state index is 0.404. The summed E-state index contributed by atoms with van der Waals surface area (Å²) in [5.74, 6) is 1.57. The number of aliphatic imine (C=N–C) groups is 1. The maximum absolute atomic E-state index is 11.5. The number of carbonyl (C=O) groups is 1. The molecule has 0 aromatic rings. The number of nitrogens with zero attached hydrogens (tertiary/aromatic N) is 1. The van der Waals surface area contributed by atoms with Crippen LogP contribution in [0.1, 0.15) is 47.0 Å². The average Bonchev–Trinajstić information content (AvgIpc) is 3.29. The van der Waals surface area contributed by atoms with E-state index in [1.54, 1.807) is 0 Å². The number of ether oxygens (including phenoxy) is 2. The summed E-state index contributed by atoms with van der Waals surface area (Å²) in [6.07, 6.45) is 3.16. The van der Waals surface area contributed by atoms with Crippen molar-refractivity contribution in [2.75, 3.05) is 39.4 Å². The highest BCUT2D eigenvalue weighted by molar-refractivity contribution is 5.79. The molecule has 7 nitrogen and oxygen atoms in total. The number of hydrogen-bond donors (Lipinski definition) is 3. The summed E-state index contributed by atoms with van der Waals surface area (Å²) >= 11 is 0. The van der Waals surface area contributed by atoms with Crippen molar-refractivity contribution < 1.29 is 14.3 Å². The minimum atomic E-state index is -0.477. The van der Waals surface area contributed by atoms with Crippen LogP contribution in [0.3, 0.4) is 0 Å². The summed E-state index contributed by atoms with van der Waals surface area (Å²) in [5.41, 5.74) is -0.477. The highest BCUT2D eigenvalue weighted by Crippen LogP contribution is 2.28. The van der Waals surface area contributed by atoms with Crippen molar-refractivity contribution in [3.8, 4) is 0 Å². The smallest absolute Gasteiger partial charge is 0.407 e. The van der Waals surface area contributed by atoms with E-state index in [9.17, 15) is 4.79 Å². The van der Waals surface area contributed by atoms with Gasteiger partial charge in [0.05, 0.1) is 0 Å². The van der Waals surface area contributed by atoms with Crippen LogP contribution < -0.4 is 16.0 Å². The molecule has 0 aromatic carbocycles. The summed E-state index contributed by atoms with van der Waals surface area (Å²) in [4.78, 5) is 16.0. The molecule has 0 bridgehead atoms. The normalized spacial score (nSPS) is 15.1. The van der Waals surface area contributed by atoms with E-state index in [1.807, 2.05) is 27.7 Å². The summed E-state index contributed by atoms with van der Waals surface area (Å²) in [7, 11) is 0. The molecule has 0 radical (unpaired) electrons. The zero-order chi connectivity index (χ0) is 17.8. The standard InChI is InChI=1S/C17H34N4O3/c1-5-18-15(19-9-6-12-23-13-14-7-8-14)20-10-11-21-16(22)24-17(2,3)4/h14H,5-13H2,1-4H3,(H,21,22)(H2,18,19,20). The lowest BCUT2D eigenvalue weighted by Gasteiger charge is -2.19. The van der Waals surface area contributed by atoms with Gasteiger partial charge in [0.1, 0.15) is 5.60 Å². The second kappa shape index (κ2) is 11.1. The molecule has 0 aromatic heterocycles. The first-order valence-corrected chi connectivity index (χ1v) is 8.97. The van der Waals surface area contributed by atoms with E-state index in [0.717, 1.165) is 44.6 Å². The van der Waals surface area contributed by atoms with Crippen molar-refractivity contribution in [2.45, 2.75) is 52.6 Å². The Morgan fingerprint density at radius 3 is 2.50 bits per heavy atom. The van der Waals surface area contributed by atoms with Gasteiger partial charge in [-0.15, -0.1) is 0 Å². The van der Waals surface area contributed by atoms with Crippen molar-refractivity contribution in [2.24, 2.45) is 10.9 Å². The molecule has 3 N–H and O–H groups in total. The number of guanidine groups is 1. The van der Waals surface area contributed by atoms with E-state index in [2.05, 4.69) is 20.9 Å². The van der Waals surface area contributed by atoms with Gasteiger partial charge in [-0.25, -0.2) is 4.79 Å². The minimum Gasteiger partial charge on any atom is -0.444 e. The number of alkyl carbamates (subject to hydrolysis) is 1. The summed E-state index contributed by atoms with van der Waals surface area (Å²) in [6.45, 7) is 11.8. The largest absolute Gasteiger partial charge is 0.444 e. The Bertz CT molecular complexity index is 390. The Kier molecular flexibility index (Phi) is 9.52. The van der Waals surface area contributed by atoms with Crippen molar-refractivity contribution in [1.29, 1.82) is 0 Å². The highest BCUT2D eigenvalue weighted by atomic mass is 16.6. The molecule has 1 saturated carbocycles. The third-order valence-electron chi connectivity index (χ3n) is 3.20. The predicted octanol–water partition coefficient (Wildman–Crippen LogP) is 1.88. The lowest BCUT2D eigenvalue weighted by atomic mass is 10.2. The lowest BCUT2D eigenvalue weighted by molar-refractivity contribution is 0.0529. The van der Waals surface area contributed by atoms with E-state index in [4.69, 9.17) is 9.47 Å². The zero-order valence-corrected chi connectivity index (χ0v) is 15.6. The van der Waals surface area contributed by atoms with Gasteiger partial charge >= 0.3 is 6.09 Å². The maximum Gasteiger partial charge on any atom is 0.407 e. The quantitative estimate of drug-likeness (QED) is 0.321. The van der Waals surface area contributed by atoms with Crippen LogP contribution in [0.2, 0.25) is 0 Å². The van der Waals surface area contributed by atoms with Gasteiger partial charge in [0.2, 0.25) is 0 Å². The van der Waals surface area contributed by atoms with Crippen molar-refractivity contribution in [3.05, 3.63) is 0 Å². The van der Waals surface area contributed by atoms with Gasteiger partial charge in [-0.2, -0.15) is 0 Å². The highest BCUT2D eigenvalue weighted by Gasteiger charge is 2.20. The molecule has 1 fully saturated rings. The fourth-order valence-corrected chi connectivity index (χ4v) is 1.89. The molecule has 0 aliphatic heterocycles. The van der Waals surface area contributed by atoms with Gasteiger partial charge in [-0.05, 0) is 52.9 Å². The summed E-state index contributed by atoms with van der Waals surface area (Å²) in [5, 5.41) is 9.08. The van der Waals surface area contributed by atoms with Crippen LogP contribution in [-0.4, -0.2) is 57.0 Å². The van der Waals surface area contributed by atoms with Crippen LogP contribution in [0.4, 0.5) is 4.79 Å². The van der Waals surface area contributed by atoms with E-state index in [0.29, 0.717) is 13.1 Å². The van der Waals surface area contributed by atoms with Crippen LogP contribution >= 0.6 is 0 Å². The molecular weight excluding hydrogens is 308 g/mol. The molecule has 1 aliphatic carbocycles. The number of carbonyl (C=O) groups excluding carboxylic acids is 1. The third-order valence-corrected chi connectivity index (χ3v) is 3.20. The molecule has 0 saturated heterocycles. The molecule has 1 amide bonds. The first-order valence-electron chi connectivity index (χ1n) is 8.97. The first kappa shape index (κ1) is 20.5. The van der Waals surface area contributed by atoms with Crippen molar-refractivity contribution >= 4 is 12.1 Å². The van der Waals surface area contributed by atoms with Crippen LogP contribution in [0.5, 0.6) is 0 Å². The SMILES string of the molecule is CCNC(=NCCCOCC1CC1)NCCNC(=O)OC(C)(C)C. The van der Waals surface area contributed by atoms with Crippen molar-refractivity contribution in [3.63, 3.8) is 0 Å². The van der Waals surface area contributed by atoms with Crippen LogP contribution in [0.25, 0.3) is 0 Å². The molecule has 0 spiro atoms. The summed E-state index contributed by atoms with van der Waals surface area (Å²) < 4.78 is 10.8. The molecule has 0 atom stereocenters. The molecule has 7 heteroatoms. The van der Waals surface area contributed by atoms with E-state index in [1.165, 1.54) is 12.8 Å². The molecule has 140 valence electrons. The Morgan fingerprint density at radius 2 is 1.88 bits per heavy atom. The third kappa shape index (κ3) is 12.0. The Labute approximate surface area is 146 Å². The van der Waals surface area contributed by atoms with Crippen LogP contribution in [-0.2, 0) is 9.47 Å².